The maximum Gasteiger partial charge on any atom is 0.451 e. The second-order valence-corrected chi connectivity index (χ2v) is 13.3. The first-order valence-electron chi connectivity index (χ1n) is 15.0. The fourth-order valence-electron chi connectivity index (χ4n) is 5.45. The molecule has 1 atom stereocenters. The maximum absolute atomic E-state index is 13.8. The third-order valence-electron chi connectivity index (χ3n) is 8.38. The summed E-state index contributed by atoms with van der Waals surface area (Å²) in [6.07, 6.45) is -6.83. The number of hydrogen-bond donors (Lipinski definition) is 2. The molecule has 2 saturated heterocycles. The van der Waals surface area contributed by atoms with E-state index in [1.807, 2.05) is 0 Å². The van der Waals surface area contributed by atoms with Crippen LogP contribution in [-0.2, 0) is 38.5 Å². The van der Waals surface area contributed by atoms with Crippen LogP contribution in [0.1, 0.15) is 49.1 Å². The Labute approximate surface area is 268 Å². The zero-order valence-electron chi connectivity index (χ0n) is 25.5. The van der Waals surface area contributed by atoms with Crippen LogP contribution in [0.5, 0.6) is 0 Å². The molecule has 18 heteroatoms. The lowest BCUT2D eigenvalue weighted by Crippen LogP contribution is -2.57. The number of aromatic nitrogens is 2. The van der Waals surface area contributed by atoms with E-state index in [2.05, 4.69) is 15.3 Å². The Bertz CT molecular complexity index is 1510. The van der Waals surface area contributed by atoms with E-state index in [1.54, 1.807) is 4.90 Å². The molecule has 0 spiro atoms. The van der Waals surface area contributed by atoms with Gasteiger partial charge in [-0.2, -0.15) is 34.8 Å². The molecule has 2 amide bonds. The van der Waals surface area contributed by atoms with Crippen LogP contribution >= 0.6 is 0 Å². The van der Waals surface area contributed by atoms with Crippen LogP contribution in [0.2, 0.25) is 0 Å². The van der Waals surface area contributed by atoms with Gasteiger partial charge in [-0.15, -0.1) is 0 Å². The van der Waals surface area contributed by atoms with E-state index in [0.717, 1.165) is 12.1 Å². The molecule has 11 nitrogen and oxygen atoms in total. The number of amides is 2. The van der Waals surface area contributed by atoms with Crippen molar-refractivity contribution in [2.75, 3.05) is 55.3 Å². The number of carbonyl (C=O) groups is 2. The van der Waals surface area contributed by atoms with Gasteiger partial charge in [0, 0.05) is 52.3 Å². The van der Waals surface area contributed by atoms with Gasteiger partial charge >= 0.3 is 12.4 Å². The van der Waals surface area contributed by atoms with Crippen molar-refractivity contribution in [2.24, 2.45) is 5.92 Å². The van der Waals surface area contributed by atoms with Gasteiger partial charge in [-0.1, -0.05) is 12.1 Å². The highest BCUT2D eigenvalue weighted by Gasteiger charge is 2.40. The van der Waals surface area contributed by atoms with Crippen molar-refractivity contribution in [1.29, 1.82) is 0 Å². The molecule has 2 aromatic rings. The van der Waals surface area contributed by atoms with Gasteiger partial charge in [0.05, 0.1) is 11.3 Å². The normalized spacial score (nSPS) is 17.7. The largest absolute Gasteiger partial charge is 0.451 e. The molecule has 2 aliphatic heterocycles. The monoisotopic (exact) mass is 694 g/mol. The van der Waals surface area contributed by atoms with Gasteiger partial charge in [0.2, 0.25) is 17.6 Å². The molecule has 0 saturated carbocycles. The van der Waals surface area contributed by atoms with Crippen LogP contribution in [0.4, 0.5) is 38.0 Å². The minimum absolute atomic E-state index is 0.0443. The Kier molecular flexibility index (Phi) is 11.3. The SMILES string of the molecule is CN(CCS(=O)(=O)O)C(=O)CCC1CCN(c2cc(N3CCC3C(=O)NCCc3ccc(C(F)(F)F)cc3)nc(C(F)(F)F)n2)CC1. The minimum Gasteiger partial charge on any atom is -0.356 e. The predicted molar refractivity (Wildman–Crippen MR) is 159 cm³/mol. The van der Waals surface area contributed by atoms with Crippen molar-refractivity contribution in [3.8, 4) is 0 Å². The number of nitrogens with one attached hydrogen (secondary N) is 1. The van der Waals surface area contributed by atoms with E-state index in [1.165, 1.54) is 35.0 Å². The number of anilines is 2. The molecule has 0 bridgehead atoms. The van der Waals surface area contributed by atoms with Crippen molar-refractivity contribution in [2.45, 2.75) is 56.9 Å². The average Bonchev–Trinajstić information content (AvgIpc) is 2.97. The number of rotatable bonds is 12. The number of hydrogen-bond acceptors (Lipinski definition) is 8. The summed E-state index contributed by atoms with van der Waals surface area (Å²) in [4.78, 5) is 37.1. The molecule has 2 fully saturated rings. The Morgan fingerprint density at radius 3 is 2.17 bits per heavy atom. The van der Waals surface area contributed by atoms with E-state index >= 15 is 0 Å². The molecule has 47 heavy (non-hydrogen) atoms. The Morgan fingerprint density at radius 1 is 0.979 bits per heavy atom. The fourth-order valence-corrected chi connectivity index (χ4v) is 5.95. The number of halogens is 6. The molecule has 2 aliphatic rings. The van der Waals surface area contributed by atoms with Gasteiger partial charge < -0.3 is 20.0 Å². The van der Waals surface area contributed by atoms with Gasteiger partial charge in [0.15, 0.2) is 0 Å². The average molecular weight is 695 g/mol. The molecule has 1 unspecified atom stereocenters. The van der Waals surface area contributed by atoms with E-state index in [-0.39, 0.29) is 49.4 Å². The van der Waals surface area contributed by atoms with Crippen LogP contribution in [0.3, 0.4) is 0 Å². The first kappa shape index (κ1) is 36.2. The number of nitrogens with zero attached hydrogens (tertiary/aromatic N) is 5. The quantitative estimate of drug-likeness (QED) is 0.251. The third kappa shape index (κ3) is 10.2. The molecular formula is C29H36F6N6O5S. The Morgan fingerprint density at radius 2 is 1.62 bits per heavy atom. The molecule has 0 aliphatic carbocycles. The lowest BCUT2D eigenvalue weighted by atomic mass is 9.92. The van der Waals surface area contributed by atoms with Crippen molar-refractivity contribution < 1.29 is 48.9 Å². The molecule has 2 N–H and O–H groups in total. The zero-order valence-corrected chi connectivity index (χ0v) is 26.3. The van der Waals surface area contributed by atoms with Crippen LogP contribution in [0.15, 0.2) is 30.3 Å². The lowest BCUT2D eigenvalue weighted by Gasteiger charge is -2.41. The lowest BCUT2D eigenvalue weighted by molar-refractivity contribution is -0.144. The summed E-state index contributed by atoms with van der Waals surface area (Å²) in [6, 6.07) is 5.21. The molecule has 3 heterocycles. The standard InChI is InChI=1S/C29H36F6N6O5S/c1-39(16-17-47(44,45)46)25(42)7-4-20-9-13-40(14-10-20)23-18-24(38-27(37-23)29(33,34)35)41-15-11-22(41)26(43)36-12-8-19-2-5-21(6-3-19)28(30,31)32/h2-3,5-6,18,20,22H,4,7-17H2,1H3,(H,36,43)(H,44,45,46). The Balaban J connectivity index is 1.33. The summed E-state index contributed by atoms with van der Waals surface area (Å²) >= 11 is 0. The van der Waals surface area contributed by atoms with E-state index in [4.69, 9.17) is 4.55 Å². The highest BCUT2D eigenvalue weighted by molar-refractivity contribution is 7.85. The van der Waals surface area contributed by atoms with E-state index in [0.29, 0.717) is 50.9 Å². The van der Waals surface area contributed by atoms with Gasteiger partial charge in [-0.05, 0) is 55.7 Å². The van der Waals surface area contributed by atoms with Crippen LogP contribution < -0.4 is 15.1 Å². The molecule has 1 aromatic heterocycles. The molecule has 1 aromatic carbocycles. The summed E-state index contributed by atoms with van der Waals surface area (Å²) in [5, 5.41) is 2.70. The zero-order chi connectivity index (χ0) is 34.6. The van der Waals surface area contributed by atoms with Gasteiger partial charge in [0.25, 0.3) is 10.1 Å². The van der Waals surface area contributed by atoms with Crippen molar-refractivity contribution in [3.05, 3.63) is 47.3 Å². The number of piperidine rings is 1. The van der Waals surface area contributed by atoms with Crippen molar-refractivity contribution in [1.82, 2.24) is 20.2 Å². The summed E-state index contributed by atoms with van der Waals surface area (Å²) < 4.78 is 110. The second-order valence-electron chi connectivity index (χ2n) is 11.7. The third-order valence-corrected chi connectivity index (χ3v) is 9.08. The van der Waals surface area contributed by atoms with Crippen molar-refractivity contribution >= 4 is 33.6 Å². The Hall–Kier alpha value is -3.67. The summed E-state index contributed by atoms with van der Waals surface area (Å²) in [7, 11) is -2.75. The first-order valence-corrected chi connectivity index (χ1v) is 16.6. The molecule has 4 rings (SSSR count). The van der Waals surface area contributed by atoms with Gasteiger partial charge in [-0.3, -0.25) is 14.1 Å². The van der Waals surface area contributed by atoms with E-state index in [9.17, 15) is 44.3 Å². The summed E-state index contributed by atoms with van der Waals surface area (Å²) in [5.41, 5.74) is -0.201. The van der Waals surface area contributed by atoms with Crippen LogP contribution in [-0.4, -0.2) is 91.2 Å². The number of benzene rings is 1. The number of carbonyl (C=O) groups excluding carboxylic acids is 2. The minimum atomic E-state index is -4.84. The summed E-state index contributed by atoms with van der Waals surface area (Å²) in [5.74, 6) is -2.48. The van der Waals surface area contributed by atoms with Crippen molar-refractivity contribution in [3.63, 3.8) is 0 Å². The molecular weight excluding hydrogens is 658 g/mol. The highest BCUT2D eigenvalue weighted by Crippen LogP contribution is 2.35. The molecule has 260 valence electrons. The maximum atomic E-state index is 13.8. The summed E-state index contributed by atoms with van der Waals surface area (Å²) in [6.45, 7) is 1.02. The second kappa shape index (κ2) is 14.6. The predicted octanol–water partition coefficient (Wildman–Crippen LogP) is 3.79. The topological polar surface area (TPSA) is 136 Å². The van der Waals surface area contributed by atoms with Crippen LogP contribution in [0.25, 0.3) is 0 Å². The number of alkyl halides is 6. The highest BCUT2D eigenvalue weighted by atomic mass is 32.2. The van der Waals surface area contributed by atoms with Gasteiger partial charge in [-0.25, -0.2) is 9.97 Å². The van der Waals surface area contributed by atoms with Crippen LogP contribution in [0, 0.1) is 5.92 Å². The van der Waals surface area contributed by atoms with Gasteiger partial charge in [0.1, 0.15) is 17.7 Å². The first-order chi connectivity index (χ1) is 21.9. The fraction of sp³-hybridized carbons (Fsp3) is 0.586. The molecule has 0 radical (unpaired) electrons. The smallest absolute Gasteiger partial charge is 0.356 e. The van der Waals surface area contributed by atoms with E-state index < -0.39 is 51.6 Å².